The molecule has 0 aliphatic rings. The number of benzene rings is 1. The van der Waals surface area contributed by atoms with Crippen molar-refractivity contribution >= 4 is 57.6 Å². The van der Waals surface area contributed by atoms with Gasteiger partial charge in [0.25, 0.3) is 5.92 Å². The molecule has 0 saturated heterocycles. The van der Waals surface area contributed by atoms with Gasteiger partial charge in [0.05, 0.1) is 3.57 Å². The second-order valence-electron chi connectivity index (χ2n) is 3.22. The van der Waals surface area contributed by atoms with Crippen LogP contribution in [0.2, 0.25) is 0 Å². The molecule has 98 valence electrons. The zero-order chi connectivity index (χ0) is 12.5. The summed E-state index contributed by atoms with van der Waals surface area (Å²) in [7, 11) is 0. The van der Waals surface area contributed by atoms with E-state index in [1.165, 1.54) is 6.07 Å². The number of hydrogen-bond acceptors (Lipinski definition) is 3. The van der Waals surface area contributed by atoms with Crippen LogP contribution in [0.4, 0.5) is 8.78 Å². The lowest BCUT2D eigenvalue weighted by Crippen LogP contribution is -2.36. The van der Waals surface area contributed by atoms with Crippen LogP contribution in [0.1, 0.15) is 11.6 Å². The fraction of sp³-hybridized carbons (Fsp3) is 0.333. The highest BCUT2D eigenvalue weighted by atomic mass is 127. The SMILES string of the molecule is Cl.N[C@H](c1cc(I)cc(I)c1O)C(F)(F)CO. The van der Waals surface area contributed by atoms with Crippen LogP contribution in [0.3, 0.4) is 0 Å². The molecular formula is C9H10ClF2I2NO2. The van der Waals surface area contributed by atoms with Gasteiger partial charge in [-0.15, -0.1) is 12.4 Å². The topological polar surface area (TPSA) is 66.5 Å². The molecule has 1 atom stereocenters. The third kappa shape index (κ3) is 4.01. The van der Waals surface area contributed by atoms with Crippen LogP contribution in [0.15, 0.2) is 12.1 Å². The molecule has 0 fully saturated rings. The number of aliphatic hydroxyl groups excluding tert-OH is 1. The lowest BCUT2D eigenvalue weighted by atomic mass is 10.0. The standard InChI is InChI=1S/C9H9F2I2NO2.ClH/c10-9(11,3-15)8(14)5-1-4(12)2-6(13)7(5)16;/h1-2,8,15-16H,3,14H2;1H/t8-;/m1./s1. The summed E-state index contributed by atoms with van der Waals surface area (Å²) in [6, 6.07) is 1.30. The van der Waals surface area contributed by atoms with Crippen molar-refractivity contribution in [1.29, 1.82) is 0 Å². The molecule has 0 radical (unpaired) electrons. The Morgan fingerprint density at radius 1 is 1.35 bits per heavy atom. The molecule has 4 N–H and O–H groups in total. The van der Waals surface area contributed by atoms with Gasteiger partial charge in [0.1, 0.15) is 18.4 Å². The van der Waals surface area contributed by atoms with Gasteiger partial charge in [0, 0.05) is 9.13 Å². The largest absolute Gasteiger partial charge is 0.506 e. The van der Waals surface area contributed by atoms with Crippen molar-refractivity contribution < 1.29 is 19.0 Å². The molecule has 0 amide bonds. The van der Waals surface area contributed by atoms with Crippen LogP contribution in [0.5, 0.6) is 5.75 Å². The number of aliphatic hydroxyl groups is 1. The average Bonchev–Trinajstić information content (AvgIpc) is 2.22. The average molecular weight is 491 g/mol. The first-order valence-corrected chi connectivity index (χ1v) is 6.37. The van der Waals surface area contributed by atoms with Crippen molar-refractivity contribution in [2.45, 2.75) is 12.0 Å². The van der Waals surface area contributed by atoms with E-state index in [-0.39, 0.29) is 23.7 Å². The summed E-state index contributed by atoms with van der Waals surface area (Å²) >= 11 is 3.77. The number of aromatic hydroxyl groups is 1. The second-order valence-corrected chi connectivity index (χ2v) is 5.63. The Hall–Kier alpha value is 0.550. The predicted molar refractivity (Wildman–Crippen MR) is 79.8 cm³/mol. The third-order valence-electron chi connectivity index (χ3n) is 2.06. The van der Waals surface area contributed by atoms with Crippen LogP contribution in [-0.2, 0) is 0 Å². The summed E-state index contributed by atoms with van der Waals surface area (Å²) < 4.78 is 27.5. The summed E-state index contributed by atoms with van der Waals surface area (Å²) in [5, 5.41) is 18.2. The first-order valence-electron chi connectivity index (χ1n) is 4.21. The van der Waals surface area contributed by atoms with Gasteiger partial charge < -0.3 is 15.9 Å². The fourth-order valence-electron chi connectivity index (χ4n) is 1.15. The van der Waals surface area contributed by atoms with Crippen LogP contribution in [-0.4, -0.2) is 22.7 Å². The van der Waals surface area contributed by atoms with Gasteiger partial charge in [-0.1, -0.05) is 0 Å². The number of halogens is 5. The van der Waals surface area contributed by atoms with Crippen molar-refractivity contribution in [2.75, 3.05) is 6.61 Å². The monoisotopic (exact) mass is 491 g/mol. The van der Waals surface area contributed by atoms with Gasteiger partial charge in [-0.05, 0) is 57.3 Å². The molecule has 1 rings (SSSR count). The molecule has 3 nitrogen and oxygen atoms in total. The minimum atomic E-state index is -3.45. The van der Waals surface area contributed by atoms with Gasteiger partial charge >= 0.3 is 0 Å². The highest BCUT2D eigenvalue weighted by Crippen LogP contribution is 2.37. The fourth-order valence-corrected chi connectivity index (χ4v) is 3.04. The van der Waals surface area contributed by atoms with E-state index in [0.29, 0.717) is 7.14 Å². The molecule has 0 aliphatic heterocycles. The van der Waals surface area contributed by atoms with Gasteiger partial charge in [-0.2, -0.15) is 0 Å². The zero-order valence-corrected chi connectivity index (χ0v) is 13.5. The normalized spacial score (nSPS) is 13.1. The van der Waals surface area contributed by atoms with Crippen LogP contribution in [0, 0.1) is 7.14 Å². The molecule has 0 saturated carbocycles. The summed E-state index contributed by atoms with van der Waals surface area (Å²) in [4.78, 5) is 0. The second kappa shape index (κ2) is 6.64. The molecular weight excluding hydrogens is 481 g/mol. The van der Waals surface area contributed by atoms with Crippen LogP contribution in [0.25, 0.3) is 0 Å². The number of phenolic OH excluding ortho intramolecular Hbond substituents is 1. The number of alkyl halides is 2. The van der Waals surface area contributed by atoms with E-state index >= 15 is 0 Å². The minimum Gasteiger partial charge on any atom is -0.506 e. The van der Waals surface area contributed by atoms with Gasteiger partial charge in [-0.25, -0.2) is 8.78 Å². The lowest BCUT2D eigenvalue weighted by Gasteiger charge is -2.23. The van der Waals surface area contributed by atoms with E-state index in [2.05, 4.69) is 0 Å². The van der Waals surface area contributed by atoms with Crippen molar-refractivity contribution in [3.05, 3.63) is 24.8 Å². The maximum absolute atomic E-state index is 13.2. The Kier molecular flexibility index (Phi) is 6.85. The van der Waals surface area contributed by atoms with E-state index in [1.54, 1.807) is 6.07 Å². The molecule has 8 heteroatoms. The highest BCUT2D eigenvalue weighted by molar-refractivity contribution is 14.1. The number of phenols is 1. The van der Waals surface area contributed by atoms with Crippen molar-refractivity contribution in [1.82, 2.24) is 0 Å². The quantitative estimate of drug-likeness (QED) is 0.570. The Morgan fingerprint density at radius 3 is 2.35 bits per heavy atom. The van der Waals surface area contributed by atoms with Gasteiger partial charge in [-0.3, -0.25) is 0 Å². The molecule has 1 aromatic rings. The van der Waals surface area contributed by atoms with Crippen molar-refractivity contribution in [3.63, 3.8) is 0 Å². The molecule has 0 aromatic heterocycles. The Morgan fingerprint density at radius 2 is 1.88 bits per heavy atom. The summed E-state index contributed by atoms with van der Waals surface area (Å²) in [6.07, 6.45) is 0. The molecule has 0 heterocycles. The Labute approximate surface area is 130 Å². The van der Waals surface area contributed by atoms with E-state index in [4.69, 9.17) is 10.8 Å². The Bertz CT molecular complexity index is 407. The molecule has 0 bridgehead atoms. The summed E-state index contributed by atoms with van der Waals surface area (Å²) in [5.41, 5.74) is 5.29. The smallest absolute Gasteiger partial charge is 0.289 e. The summed E-state index contributed by atoms with van der Waals surface area (Å²) in [6.45, 7) is -1.35. The van der Waals surface area contributed by atoms with E-state index in [1.807, 2.05) is 45.2 Å². The molecule has 0 spiro atoms. The predicted octanol–water partition coefficient (Wildman–Crippen LogP) is 2.65. The molecule has 0 aliphatic carbocycles. The number of nitrogens with two attached hydrogens (primary N) is 1. The Balaban J connectivity index is 0.00000256. The van der Waals surface area contributed by atoms with Crippen molar-refractivity contribution in [3.8, 4) is 5.75 Å². The van der Waals surface area contributed by atoms with Gasteiger partial charge in [0.2, 0.25) is 0 Å². The molecule has 1 aromatic carbocycles. The molecule has 17 heavy (non-hydrogen) atoms. The van der Waals surface area contributed by atoms with Crippen LogP contribution >= 0.6 is 57.6 Å². The number of hydrogen-bond donors (Lipinski definition) is 3. The maximum Gasteiger partial charge on any atom is 0.289 e. The number of rotatable bonds is 3. The summed E-state index contributed by atoms with van der Waals surface area (Å²) in [5.74, 6) is -3.72. The third-order valence-corrected chi connectivity index (χ3v) is 3.50. The van der Waals surface area contributed by atoms with Gasteiger partial charge in [0.15, 0.2) is 0 Å². The molecule has 0 unspecified atom stereocenters. The minimum absolute atomic E-state index is 0. The van der Waals surface area contributed by atoms with E-state index in [0.717, 1.165) is 0 Å². The van der Waals surface area contributed by atoms with Crippen molar-refractivity contribution in [2.24, 2.45) is 5.73 Å². The highest BCUT2D eigenvalue weighted by Gasteiger charge is 2.39. The van der Waals surface area contributed by atoms with E-state index < -0.39 is 18.6 Å². The van der Waals surface area contributed by atoms with Crippen LogP contribution < -0.4 is 5.73 Å². The maximum atomic E-state index is 13.2. The first-order chi connectivity index (χ1) is 7.29. The van der Waals surface area contributed by atoms with E-state index in [9.17, 15) is 13.9 Å². The zero-order valence-electron chi connectivity index (χ0n) is 8.33. The first kappa shape index (κ1) is 17.6. The lowest BCUT2D eigenvalue weighted by molar-refractivity contribution is -0.0716.